The van der Waals surface area contributed by atoms with Gasteiger partial charge in [0, 0.05) is 47.0 Å². The van der Waals surface area contributed by atoms with Crippen molar-refractivity contribution < 1.29 is 19.4 Å². The molecule has 0 spiro atoms. The lowest BCUT2D eigenvalue weighted by atomic mass is 9.95. The van der Waals surface area contributed by atoms with Crippen LogP contribution in [0.3, 0.4) is 0 Å². The standard InChI is InChI=1S/C23H25ClN2O4/c1-15-13-16(22(27)26-8-4-7-20(26)23(28)29)14-18(17-5-2-3-6-19(17)24)21(15)25-9-11-30-12-10-25/h2-3,5-6,13-14,20H,4,7-12H2,1H3,(H,28,29). The fourth-order valence-corrected chi connectivity index (χ4v) is 4.66. The third-order valence-electron chi connectivity index (χ3n) is 5.84. The summed E-state index contributed by atoms with van der Waals surface area (Å²) in [5, 5.41) is 10.1. The quantitative estimate of drug-likeness (QED) is 0.801. The van der Waals surface area contributed by atoms with Crippen LogP contribution in [0.1, 0.15) is 28.8 Å². The lowest BCUT2D eigenvalue weighted by Gasteiger charge is -2.33. The summed E-state index contributed by atoms with van der Waals surface area (Å²) in [6.07, 6.45) is 1.19. The van der Waals surface area contributed by atoms with Gasteiger partial charge in [0.15, 0.2) is 0 Å². The van der Waals surface area contributed by atoms with Gasteiger partial charge in [0.2, 0.25) is 0 Å². The second kappa shape index (κ2) is 8.66. The topological polar surface area (TPSA) is 70.1 Å². The molecular formula is C23H25ClN2O4. The molecule has 2 aromatic carbocycles. The molecule has 2 aliphatic rings. The van der Waals surface area contributed by atoms with E-state index in [2.05, 4.69) is 4.90 Å². The molecule has 1 unspecified atom stereocenters. The number of benzene rings is 2. The number of carbonyl (C=O) groups is 2. The van der Waals surface area contributed by atoms with E-state index in [4.69, 9.17) is 16.3 Å². The number of halogens is 1. The fourth-order valence-electron chi connectivity index (χ4n) is 4.43. The van der Waals surface area contributed by atoms with Crippen molar-refractivity contribution in [2.24, 2.45) is 0 Å². The number of carboxylic acid groups (broad SMARTS) is 1. The largest absolute Gasteiger partial charge is 0.480 e. The minimum absolute atomic E-state index is 0.246. The molecule has 2 heterocycles. The molecule has 30 heavy (non-hydrogen) atoms. The molecule has 0 radical (unpaired) electrons. The van der Waals surface area contributed by atoms with Gasteiger partial charge in [-0.3, -0.25) is 4.79 Å². The number of rotatable bonds is 4. The summed E-state index contributed by atoms with van der Waals surface area (Å²) in [7, 11) is 0. The van der Waals surface area contributed by atoms with Crippen molar-refractivity contribution in [3.8, 4) is 11.1 Å². The Bertz CT molecular complexity index is 972. The number of carboxylic acids is 1. The molecule has 2 fully saturated rings. The van der Waals surface area contributed by atoms with Gasteiger partial charge in [-0.05, 0) is 43.5 Å². The summed E-state index contributed by atoms with van der Waals surface area (Å²) in [5.74, 6) is -1.20. The van der Waals surface area contributed by atoms with Crippen LogP contribution >= 0.6 is 11.6 Å². The molecule has 0 bridgehead atoms. The van der Waals surface area contributed by atoms with E-state index in [1.807, 2.05) is 43.3 Å². The number of anilines is 1. The molecule has 6 nitrogen and oxygen atoms in total. The Kier molecular flexibility index (Phi) is 5.97. The Hall–Kier alpha value is -2.57. The van der Waals surface area contributed by atoms with Crippen LogP contribution in [0.2, 0.25) is 5.02 Å². The molecule has 0 aliphatic carbocycles. The third kappa shape index (κ3) is 3.89. The van der Waals surface area contributed by atoms with Crippen LogP contribution in [0.5, 0.6) is 0 Å². The van der Waals surface area contributed by atoms with E-state index in [0.29, 0.717) is 43.2 Å². The number of aliphatic carboxylic acids is 1. The number of likely N-dealkylation sites (tertiary alicyclic amines) is 1. The lowest BCUT2D eigenvalue weighted by molar-refractivity contribution is -0.141. The fraction of sp³-hybridized carbons (Fsp3) is 0.391. The zero-order valence-corrected chi connectivity index (χ0v) is 17.7. The smallest absolute Gasteiger partial charge is 0.326 e. The van der Waals surface area contributed by atoms with Crippen LogP contribution in [0.15, 0.2) is 36.4 Å². The van der Waals surface area contributed by atoms with E-state index in [0.717, 1.165) is 35.5 Å². The van der Waals surface area contributed by atoms with E-state index < -0.39 is 12.0 Å². The third-order valence-corrected chi connectivity index (χ3v) is 6.17. The molecule has 1 N–H and O–H groups in total. The molecule has 1 amide bonds. The first kappa shape index (κ1) is 20.7. The van der Waals surface area contributed by atoms with Crippen LogP contribution < -0.4 is 4.90 Å². The van der Waals surface area contributed by atoms with Gasteiger partial charge in [-0.1, -0.05) is 29.8 Å². The Balaban J connectivity index is 1.81. The van der Waals surface area contributed by atoms with E-state index in [9.17, 15) is 14.7 Å². The maximum Gasteiger partial charge on any atom is 0.326 e. The lowest BCUT2D eigenvalue weighted by Crippen LogP contribution is -2.40. The Morgan fingerprint density at radius 3 is 2.53 bits per heavy atom. The molecule has 1 atom stereocenters. The monoisotopic (exact) mass is 428 g/mol. The van der Waals surface area contributed by atoms with Gasteiger partial charge >= 0.3 is 5.97 Å². The first-order valence-electron chi connectivity index (χ1n) is 10.2. The summed E-state index contributed by atoms with van der Waals surface area (Å²) in [6, 6.07) is 10.6. The zero-order chi connectivity index (χ0) is 21.3. The highest BCUT2D eigenvalue weighted by Gasteiger charge is 2.35. The van der Waals surface area contributed by atoms with Crippen LogP contribution in [0.4, 0.5) is 5.69 Å². The number of hydrogen-bond acceptors (Lipinski definition) is 4. The first-order valence-corrected chi connectivity index (χ1v) is 10.6. The first-order chi connectivity index (χ1) is 14.5. The Morgan fingerprint density at radius 2 is 1.83 bits per heavy atom. The summed E-state index contributed by atoms with van der Waals surface area (Å²) in [5.41, 5.74) is 4.24. The van der Waals surface area contributed by atoms with Crippen molar-refractivity contribution in [1.29, 1.82) is 0 Å². The predicted octanol–water partition coefficient (Wildman–Crippen LogP) is 3.84. The molecule has 158 valence electrons. The average Bonchev–Trinajstić information content (AvgIpc) is 3.24. The van der Waals surface area contributed by atoms with Crippen LogP contribution in [-0.2, 0) is 9.53 Å². The number of ether oxygens (including phenoxy) is 1. The van der Waals surface area contributed by atoms with Gasteiger partial charge in [-0.15, -0.1) is 0 Å². The Morgan fingerprint density at radius 1 is 1.10 bits per heavy atom. The normalized spacial score (nSPS) is 19.2. The molecule has 4 rings (SSSR count). The molecule has 7 heteroatoms. The van der Waals surface area contributed by atoms with Crippen molar-refractivity contribution in [3.05, 3.63) is 52.5 Å². The number of hydrogen-bond donors (Lipinski definition) is 1. The van der Waals surface area contributed by atoms with Crippen molar-refractivity contribution >= 4 is 29.2 Å². The molecule has 0 aromatic heterocycles. The van der Waals surface area contributed by atoms with Crippen molar-refractivity contribution in [2.75, 3.05) is 37.7 Å². The van der Waals surface area contributed by atoms with Gasteiger partial charge in [-0.2, -0.15) is 0 Å². The highest BCUT2D eigenvalue weighted by molar-refractivity contribution is 6.33. The Labute approximate surface area is 181 Å². The van der Waals surface area contributed by atoms with Crippen LogP contribution in [0, 0.1) is 6.92 Å². The van der Waals surface area contributed by atoms with Crippen LogP contribution in [0.25, 0.3) is 11.1 Å². The zero-order valence-electron chi connectivity index (χ0n) is 16.9. The highest BCUT2D eigenvalue weighted by atomic mass is 35.5. The number of aryl methyl sites for hydroxylation is 1. The maximum atomic E-state index is 13.3. The molecule has 2 aliphatic heterocycles. The minimum atomic E-state index is -0.950. The molecule has 2 saturated heterocycles. The molecule has 0 saturated carbocycles. The van der Waals surface area contributed by atoms with Gasteiger partial charge < -0.3 is 19.6 Å². The molecular weight excluding hydrogens is 404 g/mol. The summed E-state index contributed by atoms with van der Waals surface area (Å²) < 4.78 is 5.51. The second-order valence-corrected chi connectivity index (χ2v) is 8.17. The number of morpholine rings is 1. The van der Waals surface area contributed by atoms with Crippen molar-refractivity contribution in [3.63, 3.8) is 0 Å². The average molecular weight is 429 g/mol. The van der Waals surface area contributed by atoms with Crippen molar-refractivity contribution in [2.45, 2.75) is 25.8 Å². The summed E-state index contributed by atoms with van der Waals surface area (Å²) in [4.78, 5) is 28.6. The number of nitrogens with zero attached hydrogens (tertiary/aromatic N) is 2. The summed E-state index contributed by atoms with van der Waals surface area (Å²) >= 11 is 6.53. The van der Waals surface area contributed by atoms with E-state index >= 15 is 0 Å². The highest BCUT2D eigenvalue weighted by Crippen LogP contribution is 2.39. The molecule has 2 aromatic rings. The van der Waals surface area contributed by atoms with Gasteiger partial charge in [0.1, 0.15) is 6.04 Å². The SMILES string of the molecule is Cc1cc(C(=O)N2CCCC2C(=O)O)cc(-c2ccccc2Cl)c1N1CCOCC1. The number of carbonyl (C=O) groups excluding carboxylic acids is 1. The van der Waals surface area contributed by atoms with E-state index in [-0.39, 0.29) is 5.91 Å². The number of amides is 1. The summed E-state index contributed by atoms with van der Waals surface area (Å²) in [6.45, 7) is 5.27. The van der Waals surface area contributed by atoms with Gasteiger partial charge in [0.25, 0.3) is 5.91 Å². The van der Waals surface area contributed by atoms with Crippen molar-refractivity contribution in [1.82, 2.24) is 4.90 Å². The predicted molar refractivity (Wildman–Crippen MR) is 116 cm³/mol. The van der Waals surface area contributed by atoms with E-state index in [1.165, 1.54) is 4.90 Å². The van der Waals surface area contributed by atoms with Gasteiger partial charge in [0.05, 0.1) is 13.2 Å². The van der Waals surface area contributed by atoms with Gasteiger partial charge in [-0.25, -0.2) is 4.79 Å². The second-order valence-electron chi connectivity index (χ2n) is 7.76. The van der Waals surface area contributed by atoms with E-state index in [1.54, 1.807) is 0 Å². The van der Waals surface area contributed by atoms with Crippen LogP contribution in [-0.4, -0.2) is 60.8 Å². The maximum absolute atomic E-state index is 13.3. The minimum Gasteiger partial charge on any atom is -0.480 e.